The summed E-state index contributed by atoms with van der Waals surface area (Å²) in [5.41, 5.74) is 5.82. The normalized spacial score (nSPS) is 25.9. The fourth-order valence-corrected chi connectivity index (χ4v) is 4.78. The van der Waals surface area contributed by atoms with Crippen LogP contribution in [0.5, 0.6) is 0 Å². The van der Waals surface area contributed by atoms with Crippen LogP contribution in [0.15, 0.2) is 54.6 Å². The van der Waals surface area contributed by atoms with Crippen LogP contribution in [0.1, 0.15) is 30.0 Å². The molecule has 3 aromatic rings. The molecule has 2 aromatic carbocycles. The van der Waals surface area contributed by atoms with E-state index in [2.05, 4.69) is 78.0 Å². The van der Waals surface area contributed by atoms with E-state index in [4.69, 9.17) is 0 Å². The monoisotopic (exact) mass is 288 g/mol. The molecule has 22 heavy (non-hydrogen) atoms. The Morgan fingerprint density at radius 1 is 1.00 bits per heavy atom. The van der Waals surface area contributed by atoms with Crippen molar-refractivity contribution in [2.75, 3.05) is 11.4 Å². The highest BCUT2D eigenvalue weighted by Gasteiger charge is 2.48. The van der Waals surface area contributed by atoms with Gasteiger partial charge >= 0.3 is 0 Å². The van der Waals surface area contributed by atoms with Crippen LogP contribution in [0, 0.1) is 0 Å². The number of aromatic nitrogens is 1. The quantitative estimate of drug-likeness (QED) is 0.649. The van der Waals surface area contributed by atoms with E-state index in [0.717, 1.165) is 0 Å². The van der Waals surface area contributed by atoms with Gasteiger partial charge in [-0.2, -0.15) is 0 Å². The third kappa shape index (κ3) is 1.40. The average Bonchev–Trinajstić information content (AvgIpc) is 3.18. The van der Waals surface area contributed by atoms with Gasteiger partial charge in [0, 0.05) is 48.4 Å². The van der Waals surface area contributed by atoms with E-state index in [1.54, 1.807) is 0 Å². The first-order valence-electron chi connectivity index (χ1n) is 8.15. The molecule has 110 valence electrons. The predicted octanol–water partition coefficient (Wildman–Crippen LogP) is 4.27. The van der Waals surface area contributed by atoms with E-state index >= 15 is 0 Å². The largest absolute Gasteiger partial charge is 0.367 e. The van der Waals surface area contributed by atoms with Gasteiger partial charge in [-0.1, -0.05) is 36.4 Å². The minimum absolute atomic E-state index is 0.572. The molecule has 0 saturated carbocycles. The van der Waals surface area contributed by atoms with E-state index in [1.165, 1.54) is 34.4 Å². The summed E-state index contributed by atoms with van der Waals surface area (Å²) in [7, 11) is 2.22. The van der Waals surface area contributed by atoms with Crippen LogP contribution >= 0.6 is 0 Å². The standard InChI is InChI=1S/C20H20N2/c1-13-20(16-12-22(13)18-10-6-4-8-15(16)18)19-11-14-7-3-5-9-17(14)21(19)2/h3-11,13,16,20H,12H2,1-2H3/t13-,16?,20?/m1/s1. The summed E-state index contributed by atoms with van der Waals surface area (Å²) >= 11 is 0. The number of anilines is 1. The molecule has 1 saturated heterocycles. The fourth-order valence-electron chi connectivity index (χ4n) is 4.78. The third-order valence-electron chi connectivity index (χ3n) is 5.81. The van der Waals surface area contributed by atoms with E-state index in [9.17, 15) is 0 Å². The summed E-state index contributed by atoms with van der Waals surface area (Å²) in [6.45, 7) is 3.56. The molecule has 0 spiro atoms. The first-order valence-corrected chi connectivity index (χ1v) is 8.15. The van der Waals surface area contributed by atoms with Gasteiger partial charge in [-0.25, -0.2) is 0 Å². The van der Waals surface area contributed by atoms with Crippen molar-refractivity contribution in [1.82, 2.24) is 4.57 Å². The second kappa shape index (κ2) is 4.16. The molecule has 2 aliphatic heterocycles. The van der Waals surface area contributed by atoms with Gasteiger partial charge in [0.15, 0.2) is 0 Å². The lowest BCUT2D eigenvalue weighted by atomic mass is 9.81. The molecule has 2 aliphatic rings. The number of nitrogens with zero attached hydrogens (tertiary/aromatic N) is 2. The highest BCUT2D eigenvalue weighted by molar-refractivity contribution is 5.82. The molecule has 2 heteroatoms. The maximum absolute atomic E-state index is 2.60. The topological polar surface area (TPSA) is 8.17 Å². The summed E-state index contributed by atoms with van der Waals surface area (Å²) in [5.74, 6) is 1.22. The maximum Gasteiger partial charge on any atom is 0.0479 e. The Balaban J connectivity index is 1.69. The van der Waals surface area contributed by atoms with E-state index < -0.39 is 0 Å². The van der Waals surface area contributed by atoms with Crippen LogP contribution in [-0.2, 0) is 7.05 Å². The van der Waals surface area contributed by atoms with Gasteiger partial charge in [0.25, 0.3) is 0 Å². The molecule has 5 rings (SSSR count). The van der Waals surface area contributed by atoms with Gasteiger partial charge in [-0.3, -0.25) is 0 Å². The second-order valence-electron chi connectivity index (χ2n) is 6.77. The molecule has 2 unspecified atom stereocenters. The lowest BCUT2D eigenvalue weighted by Crippen LogP contribution is -2.31. The number of fused-ring (bicyclic) bond motifs is 6. The van der Waals surface area contributed by atoms with Crippen LogP contribution in [-0.4, -0.2) is 17.2 Å². The van der Waals surface area contributed by atoms with Gasteiger partial charge in [-0.05, 0) is 36.1 Å². The van der Waals surface area contributed by atoms with Crippen LogP contribution < -0.4 is 4.90 Å². The molecular weight excluding hydrogens is 268 g/mol. The van der Waals surface area contributed by atoms with Crippen molar-refractivity contribution in [3.05, 3.63) is 65.9 Å². The first kappa shape index (κ1) is 12.3. The van der Waals surface area contributed by atoms with Gasteiger partial charge < -0.3 is 9.47 Å². The highest BCUT2D eigenvalue weighted by atomic mass is 15.2. The Hall–Kier alpha value is -2.22. The molecule has 1 fully saturated rings. The number of rotatable bonds is 1. The number of benzene rings is 2. The van der Waals surface area contributed by atoms with Crippen LogP contribution in [0.4, 0.5) is 5.69 Å². The van der Waals surface area contributed by atoms with Crippen molar-refractivity contribution in [3.63, 3.8) is 0 Å². The van der Waals surface area contributed by atoms with E-state index in [1.807, 2.05) is 0 Å². The number of aryl methyl sites for hydroxylation is 1. The Bertz CT molecular complexity index is 876. The molecule has 3 heterocycles. The molecule has 0 aliphatic carbocycles. The van der Waals surface area contributed by atoms with Crippen molar-refractivity contribution in [2.45, 2.75) is 24.8 Å². The molecule has 2 nitrogen and oxygen atoms in total. The SMILES string of the molecule is C[C@@H]1C(c2cc3ccccc3n2C)C2CN1c1ccccc12. The zero-order valence-corrected chi connectivity index (χ0v) is 13.0. The van der Waals surface area contributed by atoms with Gasteiger partial charge in [0.2, 0.25) is 0 Å². The van der Waals surface area contributed by atoms with Crippen LogP contribution in [0.25, 0.3) is 10.9 Å². The Morgan fingerprint density at radius 2 is 1.77 bits per heavy atom. The number of hydrogen-bond acceptors (Lipinski definition) is 1. The molecule has 0 amide bonds. The average molecular weight is 288 g/mol. The molecule has 0 radical (unpaired) electrons. The summed E-state index contributed by atoms with van der Waals surface area (Å²) < 4.78 is 2.40. The Kier molecular flexibility index (Phi) is 2.33. The van der Waals surface area contributed by atoms with Crippen molar-refractivity contribution in [1.29, 1.82) is 0 Å². The fraction of sp³-hybridized carbons (Fsp3) is 0.300. The van der Waals surface area contributed by atoms with Crippen LogP contribution in [0.3, 0.4) is 0 Å². The Morgan fingerprint density at radius 3 is 2.64 bits per heavy atom. The molecule has 2 bridgehead atoms. The van der Waals surface area contributed by atoms with Gasteiger partial charge in [0.1, 0.15) is 0 Å². The van der Waals surface area contributed by atoms with Crippen LogP contribution in [0.2, 0.25) is 0 Å². The molecule has 1 aromatic heterocycles. The first-order chi connectivity index (χ1) is 10.8. The molecular formula is C20H20N2. The zero-order valence-electron chi connectivity index (χ0n) is 13.0. The summed E-state index contributed by atoms with van der Waals surface area (Å²) in [4.78, 5) is 2.60. The molecule has 0 N–H and O–H groups in total. The third-order valence-corrected chi connectivity index (χ3v) is 5.81. The Labute approximate surface area is 131 Å². The second-order valence-corrected chi connectivity index (χ2v) is 6.77. The van der Waals surface area contributed by atoms with E-state index in [-0.39, 0.29) is 0 Å². The van der Waals surface area contributed by atoms with Crippen molar-refractivity contribution in [2.24, 2.45) is 7.05 Å². The number of para-hydroxylation sites is 2. The lowest BCUT2D eigenvalue weighted by molar-refractivity contribution is 0.541. The summed E-state index contributed by atoms with van der Waals surface area (Å²) in [5, 5.41) is 1.36. The van der Waals surface area contributed by atoms with Gasteiger partial charge in [0.05, 0.1) is 0 Å². The highest BCUT2D eigenvalue weighted by Crippen LogP contribution is 2.54. The minimum atomic E-state index is 0.572. The smallest absolute Gasteiger partial charge is 0.0479 e. The summed E-state index contributed by atoms with van der Waals surface area (Å²) in [6.07, 6.45) is 0. The van der Waals surface area contributed by atoms with Gasteiger partial charge in [-0.15, -0.1) is 0 Å². The maximum atomic E-state index is 2.60. The molecule has 3 atom stereocenters. The van der Waals surface area contributed by atoms with E-state index in [0.29, 0.717) is 17.9 Å². The lowest BCUT2D eigenvalue weighted by Gasteiger charge is -2.32. The van der Waals surface area contributed by atoms with Crippen molar-refractivity contribution < 1.29 is 0 Å². The number of hydrogen-bond donors (Lipinski definition) is 0. The van der Waals surface area contributed by atoms with Crippen molar-refractivity contribution in [3.8, 4) is 0 Å². The summed E-state index contributed by atoms with van der Waals surface area (Å²) in [6, 6.07) is 20.6. The van der Waals surface area contributed by atoms with Crippen molar-refractivity contribution >= 4 is 16.6 Å². The predicted molar refractivity (Wildman–Crippen MR) is 91.7 cm³/mol. The minimum Gasteiger partial charge on any atom is -0.367 e. The zero-order chi connectivity index (χ0) is 14.8.